The second-order valence-electron chi connectivity index (χ2n) is 5.06. The first kappa shape index (κ1) is 16.2. The van der Waals surface area contributed by atoms with Gasteiger partial charge in [0, 0.05) is 12.0 Å². The Kier molecular flexibility index (Phi) is 6.15. The molecule has 0 unspecified atom stereocenters. The SMILES string of the molecule is CC(C)(C)C(=O)N[C@@H](CCCN=C(N)N)C(=O)O. The largest absolute Gasteiger partial charge is 0.480 e. The summed E-state index contributed by atoms with van der Waals surface area (Å²) in [5, 5.41) is 11.5. The summed E-state index contributed by atoms with van der Waals surface area (Å²) in [5.74, 6) is -1.38. The Morgan fingerprint density at radius 1 is 1.33 bits per heavy atom. The van der Waals surface area contributed by atoms with Gasteiger partial charge in [0.1, 0.15) is 6.04 Å². The van der Waals surface area contributed by atoms with Crippen LogP contribution in [-0.4, -0.2) is 35.5 Å². The summed E-state index contributed by atoms with van der Waals surface area (Å²) in [6.07, 6.45) is 0.771. The van der Waals surface area contributed by atoms with Gasteiger partial charge in [-0.25, -0.2) is 4.79 Å². The molecule has 0 radical (unpaired) electrons. The lowest BCUT2D eigenvalue weighted by Gasteiger charge is -2.21. The summed E-state index contributed by atoms with van der Waals surface area (Å²) >= 11 is 0. The average molecular weight is 258 g/mol. The zero-order chi connectivity index (χ0) is 14.3. The van der Waals surface area contributed by atoms with Gasteiger partial charge in [0.15, 0.2) is 5.96 Å². The maximum Gasteiger partial charge on any atom is 0.326 e. The van der Waals surface area contributed by atoms with Crippen LogP contribution in [0.5, 0.6) is 0 Å². The molecule has 0 saturated carbocycles. The van der Waals surface area contributed by atoms with Gasteiger partial charge in [0.05, 0.1) is 0 Å². The maximum atomic E-state index is 11.7. The number of aliphatic carboxylic acids is 1. The van der Waals surface area contributed by atoms with Crippen LogP contribution in [-0.2, 0) is 9.59 Å². The molecule has 0 aliphatic rings. The van der Waals surface area contributed by atoms with Gasteiger partial charge in [-0.3, -0.25) is 9.79 Å². The minimum absolute atomic E-state index is 0.0272. The molecule has 0 aliphatic heterocycles. The number of guanidine groups is 1. The normalized spacial score (nSPS) is 12.6. The molecule has 1 amide bonds. The standard InChI is InChI=1S/C11H22N4O3/c1-11(2,3)9(18)15-7(8(16)17)5-4-6-14-10(12)13/h7H,4-6H2,1-3H3,(H,15,18)(H,16,17)(H4,12,13,14)/t7-/m0/s1. The van der Waals surface area contributed by atoms with Crippen molar-refractivity contribution in [2.45, 2.75) is 39.7 Å². The number of rotatable bonds is 6. The molecule has 1 atom stereocenters. The molecular formula is C11H22N4O3. The van der Waals surface area contributed by atoms with Crippen LogP contribution in [0.15, 0.2) is 4.99 Å². The Balaban J connectivity index is 4.29. The Labute approximate surface area is 107 Å². The van der Waals surface area contributed by atoms with Crippen LogP contribution in [0.4, 0.5) is 0 Å². The van der Waals surface area contributed by atoms with E-state index in [0.717, 1.165) is 0 Å². The fraction of sp³-hybridized carbons (Fsp3) is 0.727. The zero-order valence-corrected chi connectivity index (χ0v) is 11.1. The van der Waals surface area contributed by atoms with Crippen LogP contribution >= 0.6 is 0 Å². The lowest BCUT2D eigenvalue weighted by atomic mass is 9.95. The number of hydrogen-bond donors (Lipinski definition) is 4. The second-order valence-corrected chi connectivity index (χ2v) is 5.06. The molecule has 0 fully saturated rings. The van der Waals surface area contributed by atoms with Gasteiger partial charge in [-0.05, 0) is 12.8 Å². The summed E-state index contributed by atoms with van der Waals surface area (Å²) in [7, 11) is 0. The van der Waals surface area contributed by atoms with E-state index < -0.39 is 17.4 Å². The van der Waals surface area contributed by atoms with Crippen molar-refractivity contribution in [2.75, 3.05) is 6.54 Å². The monoisotopic (exact) mass is 258 g/mol. The number of carboxylic acids is 1. The molecule has 0 aliphatic carbocycles. The first-order valence-electron chi connectivity index (χ1n) is 5.73. The van der Waals surface area contributed by atoms with Gasteiger partial charge in [0.2, 0.25) is 5.91 Å². The van der Waals surface area contributed by atoms with E-state index in [9.17, 15) is 9.59 Å². The minimum Gasteiger partial charge on any atom is -0.480 e. The van der Waals surface area contributed by atoms with Gasteiger partial charge in [0.25, 0.3) is 0 Å². The van der Waals surface area contributed by atoms with Gasteiger partial charge in [-0.1, -0.05) is 20.8 Å². The van der Waals surface area contributed by atoms with E-state index in [0.29, 0.717) is 13.0 Å². The topological polar surface area (TPSA) is 131 Å². The van der Waals surface area contributed by atoms with Gasteiger partial charge in [-0.2, -0.15) is 0 Å². The molecule has 0 spiro atoms. The van der Waals surface area contributed by atoms with E-state index >= 15 is 0 Å². The molecule has 0 aromatic rings. The molecule has 6 N–H and O–H groups in total. The highest BCUT2D eigenvalue weighted by Crippen LogP contribution is 2.13. The molecule has 0 heterocycles. The predicted octanol–water partition coefficient (Wildman–Crippen LogP) is -0.344. The van der Waals surface area contributed by atoms with Gasteiger partial charge < -0.3 is 21.9 Å². The molecule has 0 aromatic carbocycles. The van der Waals surface area contributed by atoms with Crippen LogP contribution < -0.4 is 16.8 Å². The van der Waals surface area contributed by atoms with Crippen molar-refractivity contribution in [3.05, 3.63) is 0 Å². The second kappa shape index (κ2) is 6.83. The van der Waals surface area contributed by atoms with Crippen LogP contribution in [0.3, 0.4) is 0 Å². The van der Waals surface area contributed by atoms with Crippen LogP contribution in [0, 0.1) is 5.41 Å². The molecular weight excluding hydrogens is 236 g/mol. The molecule has 0 bridgehead atoms. The summed E-state index contributed by atoms with van der Waals surface area (Å²) in [6.45, 7) is 5.51. The first-order chi connectivity index (χ1) is 8.14. The lowest BCUT2D eigenvalue weighted by molar-refractivity contribution is -0.143. The third-order valence-corrected chi connectivity index (χ3v) is 2.23. The Morgan fingerprint density at radius 3 is 2.28 bits per heavy atom. The molecule has 0 aromatic heterocycles. The smallest absolute Gasteiger partial charge is 0.326 e. The highest BCUT2D eigenvalue weighted by atomic mass is 16.4. The molecule has 0 saturated heterocycles. The summed E-state index contributed by atoms with van der Waals surface area (Å²) in [5.41, 5.74) is 9.68. The number of carbonyl (C=O) groups is 2. The lowest BCUT2D eigenvalue weighted by Crippen LogP contribution is -2.45. The number of aliphatic imine (C=N–C) groups is 1. The average Bonchev–Trinajstić information content (AvgIpc) is 2.19. The molecule has 104 valence electrons. The van der Waals surface area contributed by atoms with Crippen molar-refractivity contribution in [1.29, 1.82) is 0 Å². The Bertz CT molecular complexity index is 330. The number of nitrogens with zero attached hydrogens (tertiary/aromatic N) is 1. The quantitative estimate of drug-likeness (QED) is 0.294. The van der Waals surface area contributed by atoms with E-state index in [1.54, 1.807) is 20.8 Å². The third-order valence-electron chi connectivity index (χ3n) is 2.23. The van der Waals surface area contributed by atoms with Crippen molar-refractivity contribution in [2.24, 2.45) is 21.9 Å². The van der Waals surface area contributed by atoms with Crippen molar-refractivity contribution >= 4 is 17.8 Å². The summed E-state index contributed by atoms with van der Waals surface area (Å²) in [4.78, 5) is 26.4. The van der Waals surface area contributed by atoms with Gasteiger partial charge in [-0.15, -0.1) is 0 Å². The van der Waals surface area contributed by atoms with Crippen LogP contribution in [0.1, 0.15) is 33.6 Å². The fourth-order valence-electron chi connectivity index (χ4n) is 1.14. The van der Waals surface area contributed by atoms with Crippen molar-refractivity contribution in [3.63, 3.8) is 0 Å². The number of amides is 1. The van der Waals surface area contributed by atoms with E-state index in [4.69, 9.17) is 16.6 Å². The third kappa shape index (κ3) is 6.72. The van der Waals surface area contributed by atoms with Crippen molar-refractivity contribution in [3.8, 4) is 0 Å². The Morgan fingerprint density at radius 2 is 1.89 bits per heavy atom. The first-order valence-corrected chi connectivity index (χ1v) is 5.73. The predicted molar refractivity (Wildman–Crippen MR) is 68.9 cm³/mol. The zero-order valence-electron chi connectivity index (χ0n) is 11.1. The minimum atomic E-state index is -1.06. The highest BCUT2D eigenvalue weighted by molar-refractivity contribution is 5.86. The molecule has 7 nitrogen and oxygen atoms in total. The number of hydrogen-bond acceptors (Lipinski definition) is 3. The molecule has 7 heteroatoms. The summed E-state index contributed by atoms with van der Waals surface area (Å²) in [6, 6.07) is -0.911. The number of nitrogens with one attached hydrogen (secondary N) is 1. The Hall–Kier alpha value is -1.79. The van der Waals surface area contributed by atoms with E-state index in [1.165, 1.54) is 0 Å². The van der Waals surface area contributed by atoms with E-state index in [1.807, 2.05) is 0 Å². The van der Waals surface area contributed by atoms with Gasteiger partial charge >= 0.3 is 5.97 Å². The number of nitrogens with two attached hydrogens (primary N) is 2. The van der Waals surface area contributed by atoms with Crippen LogP contribution in [0.25, 0.3) is 0 Å². The highest BCUT2D eigenvalue weighted by Gasteiger charge is 2.26. The van der Waals surface area contributed by atoms with Crippen molar-refractivity contribution in [1.82, 2.24) is 5.32 Å². The van der Waals surface area contributed by atoms with E-state index in [-0.39, 0.29) is 18.3 Å². The molecule has 0 rings (SSSR count). The number of carbonyl (C=O) groups excluding carboxylic acids is 1. The maximum absolute atomic E-state index is 11.7. The van der Waals surface area contributed by atoms with Crippen molar-refractivity contribution < 1.29 is 14.7 Å². The fourth-order valence-corrected chi connectivity index (χ4v) is 1.14. The molecule has 18 heavy (non-hydrogen) atoms. The van der Waals surface area contributed by atoms with E-state index in [2.05, 4.69) is 10.3 Å². The number of carboxylic acid groups (broad SMARTS) is 1. The van der Waals surface area contributed by atoms with Crippen LogP contribution in [0.2, 0.25) is 0 Å². The summed E-state index contributed by atoms with van der Waals surface area (Å²) < 4.78 is 0.